The zero-order chi connectivity index (χ0) is 34.6. The van der Waals surface area contributed by atoms with Crippen molar-refractivity contribution in [2.24, 2.45) is 4.99 Å². The number of anilines is 1. The Morgan fingerprint density at radius 3 is 1.91 bits per heavy atom. The number of aliphatic imine (C=N–C) groups is 1. The first-order chi connectivity index (χ1) is 26.3. The summed E-state index contributed by atoms with van der Waals surface area (Å²) in [5.41, 5.74) is 10.8. The molecule has 12 rings (SSSR count). The second kappa shape index (κ2) is 10.7. The van der Waals surface area contributed by atoms with Gasteiger partial charge in [0.25, 0.3) is 0 Å². The van der Waals surface area contributed by atoms with E-state index >= 15 is 0 Å². The third kappa shape index (κ3) is 3.93. The minimum atomic E-state index is -0.265. The van der Waals surface area contributed by atoms with E-state index in [0.29, 0.717) is 0 Å². The Balaban J connectivity index is 1.15. The summed E-state index contributed by atoms with van der Waals surface area (Å²) in [4.78, 5) is 5.65. The Kier molecular flexibility index (Phi) is 5.77. The number of furan rings is 1. The molecule has 1 aliphatic heterocycles. The fourth-order valence-corrected chi connectivity index (χ4v) is 8.96. The van der Waals surface area contributed by atoms with E-state index in [0.717, 1.165) is 66.8 Å². The van der Waals surface area contributed by atoms with Gasteiger partial charge in [-0.2, -0.15) is 0 Å². The summed E-state index contributed by atoms with van der Waals surface area (Å²) in [6.07, 6.45) is 0. The first-order valence-corrected chi connectivity index (χ1v) is 18.1. The molecule has 1 unspecified atom stereocenters. The van der Waals surface area contributed by atoms with Crippen molar-refractivity contribution < 1.29 is 4.42 Å². The third-order valence-corrected chi connectivity index (χ3v) is 11.2. The van der Waals surface area contributed by atoms with E-state index in [1.165, 1.54) is 38.0 Å². The van der Waals surface area contributed by atoms with Gasteiger partial charge in [0.1, 0.15) is 17.2 Å². The first kappa shape index (κ1) is 28.6. The number of hydrogen-bond donors (Lipinski definition) is 1. The lowest BCUT2D eigenvalue weighted by molar-refractivity contribution is 0.672. The van der Waals surface area contributed by atoms with E-state index in [4.69, 9.17) is 9.41 Å². The highest BCUT2D eigenvalue weighted by Crippen LogP contribution is 2.45. The molecule has 0 fully saturated rings. The van der Waals surface area contributed by atoms with E-state index < -0.39 is 0 Å². The highest BCUT2D eigenvalue weighted by Gasteiger charge is 2.29. The highest BCUT2D eigenvalue weighted by molar-refractivity contribution is 6.30. The number of nitrogens with one attached hydrogen (secondary N) is 1. The summed E-state index contributed by atoms with van der Waals surface area (Å²) in [6, 6.07) is 60.2. The molecule has 1 atom stereocenters. The lowest BCUT2D eigenvalue weighted by Crippen LogP contribution is -2.27. The molecule has 1 N–H and O–H groups in total. The van der Waals surface area contributed by atoms with Crippen LogP contribution in [0.3, 0.4) is 0 Å². The van der Waals surface area contributed by atoms with E-state index in [-0.39, 0.29) is 6.04 Å². The summed E-state index contributed by atoms with van der Waals surface area (Å²) in [5, 5.41) is 13.2. The van der Waals surface area contributed by atoms with Crippen LogP contribution in [0.5, 0.6) is 0 Å². The molecule has 0 saturated carbocycles. The Morgan fingerprint density at radius 2 is 1.09 bits per heavy atom. The van der Waals surface area contributed by atoms with E-state index in [1.807, 2.05) is 0 Å². The smallest absolute Gasteiger partial charge is 0.208 e. The molecule has 248 valence electrons. The summed E-state index contributed by atoms with van der Waals surface area (Å²) in [7, 11) is 0. The van der Waals surface area contributed by atoms with Gasteiger partial charge in [-0.3, -0.25) is 4.57 Å². The van der Waals surface area contributed by atoms with Crippen LogP contribution < -0.4 is 5.32 Å². The van der Waals surface area contributed by atoms with Gasteiger partial charge in [-0.25, -0.2) is 4.99 Å². The minimum absolute atomic E-state index is 0.265. The molecule has 3 aromatic heterocycles. The van der Waals surface area contributed by atoms with Crippen LogP contribution in [0.1, 0.15) is 17.2 Å². The number of benzene rings is 8. The topological polar surface area (TPSA) is 47.4 Å². The van der Waals surface area contributed by atoms with Crippen molar-refractivity contribution in [2.45, 2.75) is 6.04 Å². The molecular formula is C48H30N4O. The van der Waals surface area contributed by atoms with Crippen LogP contribution in [-0.4, -0.2) is 15.1 Å². The Labute approximate surface area is 303 Å². The molecule has 5 nitrogen and oxygen atoms in total. The van der Waals surface area contributed by atoms with Crippen LogP contribution in [0.4, 0.5) is 5.69 Å². The normalized spacial score (nSPS) is 14.5. The Bertz CT molecular complexity index is 3330. The van der Waals surface area contributed by atoms with Crippen molar-refractivity contribution in [2.75, 3.05) is 5.32 Å². The molecule has 0 radical (unpaired) electrons. The Hall–Kier alpha value is -7.11. The van der Waals surface area contributed by atoms with Crippen molar-refractivity contribution in [1.29, 1.82) is 0 Å². The first-order valence-electron chi connectivity index (χ1n) is 18.1. The van der Waals surface area contributed by atoms with Gasteiger partial charge in [-0.15, -0.1) is 0 Å². The fourth-order valence-electron chi connectivity index (χ4n) is 8.96. The quantitative estimate of drug-likeness (QED) is 0.198. The molecule has 5 heteroatoms. The number of para-hydroxylation sites is 4. The number of hydrogen-bond acceptors (Lipinski definition) is 3. The van der Waals surface area contributed by atoms with E-state index in [2.05, 4.69) is 184 Å². The van der Waals surface area contributed by atoms with Crippen LogP contribution in [0.25, 0.3) is 82.0 Å². The molecule has 0 aliphatic carbocycles. The summed E-state index contributed by atoms with van der Waals surface area (Å²) in [5.74, 6) is 0.793. The van der Waals surface area contributed by atoms with Gasteiger partial charge in [0.15, 0.2) is 0 Å². The number of aromatic nitrogens is 2. The molecule has 0 bridgehead atoms. The summed E-state index contributed by atoms with van der Waals surface area (Å²) >= 11 is 0. The highest BCUT2D eigenvalue weighted by atomic mass is 16.3. The Morgan fingerprint density at radius 1 is 0.453 bits per heavy atom. The average molecular weight is 679 g/mol. The van der Waals surface area contributed by atoms with Crippen molar-refractivity contribution in [3.63, 3.8) is 0 Å². The van der Waals surface area contributed by atoms with Gasteiger partial charge in [-0.1, -0.05) is 115 Å². The molecule has 53 heavy (non-hydrogen) atoms. The van der Waals surface area contributed by atoms with Crippen molar-refractivity contribution in [3.8, 4) is 5.69 Å². The molecule has 1 aliphatic rings. The predicted molar refractivity (Wildman–Crippen MR) is 220 cm³/mol. The van der Waals surface area contributed by atoms with Crippen LogP contribution in [0.15, 0.2) is 179 Å². The van der Waals surface area contributed by atoms with Crippen LogP contribution in [-0.2, 0) is 0 Å². The lowest BCUT2D eigenvalue weighted by Gasteiger charge is -2.27. The maximum atomic E-state index is 6.64. The zero-order valence-corrected chi connectivity index (χ0v) is 28.5. The average Bonchev–Trinajstić information content (AvgIpc) is 3.89. The van der Waals surface area contributed by atoms with Gasteiger partial charge in [-0.05, 0) is 65.5 Å². The molecule has 0 spiro atoms. The number of fused-ring (bicyclic) bond motifs is 13. The maximum Gasteiger partial charge on any atom is 0.208 e. The largest absolute Gasteiger partial charge is 0.455 e. The minimum Gasteiger partial charge on any atom is -0.455 e. The fraction of sp³-hybridized carbons (Fsp3) is 0.0208. The number of nitrogens with zero attached hydrogens (tertiary/aromatic N) is 3. The van der Waals surface area contributed by atoms with Gasteiger partial charge < -0.3 is 14.3 Å². The van der Waals surface area contributed by atoms with Gasteiger partial charge in [0, 0.05) is 54.6 Å². The maximum absolute atomic E-state index is 6.64. The number of rotatable bonds is 2. The monoisotopic (exact) mass is 678 g/mol. The molecule has 0 amide bonds. The van der Waals surface area contributed by atoms with Gasteiger partial charge in [0.2, 0.25) is 5.96 Å². The van der Waals surface area contributed by atoms with E-state index in [9.17, 15) is 0 Å². The van der Waals surface area contributed by atoms with Crippen LogP contribution in [0, 0.1) is 0 Å². The molecule has 0 saturated heterocycles. The predicted octanol–water partition coefficient (Wildman–Crippen LogP) is 12.4. The molecule has 11 aromatic rings. The zero-order valence-electron chi connectivity index (χ0n) is 28.5. The summed E-state index contributed by atoms with van der Waals surface area (Å²) in [6.45, 7) is 0. The molecule has 8 aromatic carbocycles. The van der Waals surface area contributed by atoms with Crippen LogP contribution in [0.2, 0.25) is 0 Å². The molecule has 4 heterocycles. The second-order valence-electron chi connectivity index (χ2n) is 13.9. The van der Waals surface area contributed by atoms with Crippen molar-refractivity contribution in [3.05, 3.63) is 181 Å². The molecular weight excluding hydrogens is 649 g/mol. The van der Waals surface area contributed by atoms with Crippen LogP contribution >= 0.6 is 0 Å². The standard InChI is InChI=1S/C48H30N4O/c1-2-14-30(15-3-1)51-38-22-10-7-18-33(38)44-40(51)27-28-41-45(44)34-19-8-11-23-39(34)52(41)48-49-37-21-9-6-17-32(37)46(50-48)35-20-12-24-42-43(35)36-26-25-29-13-4-5-16-31(29)47(36)53-42/h1-28,46H,(H,49,50). The van der Waals surface area contributed by atoms with Gasteiger partial charge in [0.05, 0.1) is 22.1 Å². The lowest BCUT2D eigenvalue weighted by atomic mass is 9.92. The third-order valence-electron chi connectivity index (χ3n) is 11.2. The van der Waals surface area contributed by atoms with E-state index in [1.54, 1.807) is 0 Å². The van der Waals surface area contributed by atoms with Gasteiger partial charge >= 0.3 is 0 Å². The van der Waals surface area contributed by atoms with Crippen molar-refractivity contribution >= 4 is 88.0 Å². The second-order valence-corrected chi connectivity index (χ2v) is 13.9. The summed E-state index contributed by atoms with van der Waals surface area (Å²) < 4.78 is 11.3. The SMILES string of the molecule is c1ccc(-n2c3ccccc3c3c4c5ccccc5n(C5=NC(c6cccc7oc8c9ccccc9ccc8c67)c6ccccc6N5)c4ccc32)cc1. The van der Waals surface area contributed by atoms with Crippen molar-refractivity contribution in [1.82, 2.24) is 9.13 Å².